The van der Waals surface area contributed by atoms with Gasteiger partial charge in [-0.15, -0.1) is 0 Å². The van der Waals surface area contributed by atoms with Gasteiger partial charge in [0.15, 0.2) is 0 Å². The van der Waals surface area contributed by atoms with Crippen molar-refractivity contribution in [1.82, 2.24) is 0 Å². The van der Waals surface area contributed by atoms with Crippen LogP contribution in [0.2, 0.25) is 0 Å². The smallest absolute Gasteiger partial charge is 0.275 e. The van der Waals surface area contributed by atoms with E-state index < -0.39 is 5.97 Å². The summed E-state index contributed by atoms with van der Waals surface area (Å²) < 4.78 is 0. The van der Waals surface area contributed by atoms with Crippen molar-refractivity contribution >= 4 is 5.97 Å². The number of rotatable bonds is 2. The first-order valence-electron chi connectivity index (χ1n) is 2.91. The average Bonchev–Trinajstić information content (AvgIpc) is 1.91. The average molecular weight is 219 g/mol. The van der Waals surface area contributed by atoms with E-state index in [1.54, 1.807) is 27.2 Å². The van der Waals surface area contributed by atoms with Gasteiger partial charge >= 0.3 is 0 Å². The Hall–Kier alpha value is 0.574. The van der Waals surface area contributed by atoms with Crippen molar-refractivity contribution in [3.63, 3.8) is 0 Å². The molecule has 0 saturated heterocycles. The maximum Gasteiger partial charge on any atom is 0.275 e. The molecule has 0 aromatic carbocycles. The van der Waals surface area contributed by atoms with Gasteiger partial charge in [0, 0.05) is 32.7 Å². The van der Waals surface area contributed by atoms with Crippen LogP contribution in [0.15, 0.2) is 0 Å². The molecule has 0 aliphatic rings. The zero-order valence-corrected chi connectivity index (χ0v) is 9.63. The molecule has 0 fully saturated rings. The van der Waals surface area contributed by atoms with Gasteiger partial charge < -0.3 is 18.5 Å². The van der Waals surface area contributed by atoms with Crippen LogP contribution in [-0.4, -0.2) is 11.1 Å². The van der Waals surface area contributed by atoms with Crippen molar-refractivity contribution in [2.75, 3.05) is 0 Å². The predicted molar refractivity (Wildman–Crippen MR) is 37.8 cm³/mol. The second kappa shape index (κ2) is 12.3. The zero-order valence-electron chi connectivity index (χ0n) is 6.79. The van der Waals surface area contributed by atoms with Gasteiger partial charge in [-0.05, 0) is 0 Å². The van der Waals surface area contributed by atoms with Gasteiger partial charge in [-0.25, -0.2) is 0 Å². The van der Waals surface area contributed by atoms with Crippen LogP contribution < -0.4 is 0 Å². The summed E-state index contributed by atoms with van der Waals surface area (Å²) >= 11 is 0. The van der Waals surface area contributed by atoms with Crippen molar-refractivity contribution < 1.29 is 42.6 Å². The quantitative estimate of drug-likeness (QED) is 0.718. The van der Waals surface area contributed by atoms with Gasteiger partial charge in [-0.3, -0.25) is 4.79 Å². The topological polar surface area (TPSA) is 37.3 Å². The van der Waals surface area contributed by atoms with Crippen LogP contribution in [-0.2, 0) is 37.5 Å². The molecule has 0 aromatic heterocycles. The van der Waals surface area contributed by atoms with Crippen molar-refractivity contribution in [3.05, 3.63) is 13.3 Å². The van der Waals surface area contributed by atoms with E-state index in [1.165, 1.54) is 0 Å². The summed E-state index contributed by atoms with van der Waals surface area (Å²) in [6.45, 7) is 8.38. The molecule has 0 aliphatic carbocycles. The molecule has 0 spiro atoms. The molecule has 1 N–H and O–H groups in total. The molecule has 0 aliphatic heterocycles. The number of carbonyl (C=O) groups is 1. The van der Waals surface area contributed by atoms with E-state index in [2.05, 4.69) is 6.92 Å². The van der Waals surface area contributed by atoms with Gasteiger partial charge in [-0.1, -0.05) is 12.8 Å². The number of hydrogen-bond acceptors (Lipinski definition) is 1. The third-order valence-corrected chi connectivity index (χ3v) is 0.890. The predicted octanol–water partition coefficient (Wildman–Crippen LogP) is 1.77. The molecule has 59 valence electrons. The molecule has 1 radical (unpaired) electrons. The first kappa shape index (κ1) is 16.9. The van der Waals surface area contributed by atoms with Crippen molar-refractivity contribution in [1.29, 1.82) is 0 Å². The number of aliphatic carboxylic acids is 1. The van der Waals surface area contributed by atoms with Crippen LogP contribution in [0, 0.1) is 19.3 Å². The van der Waals surface area contributed by atoms with Gasteiger partial charge in [0.25, 0.3) is 5.97 Å². The van der Waals surface area contributed by atoms with Crippen LogP contribution in [0.5, 0.6) is 0 Å². The van der Waals surface area contributed by atoms with Crippen molar-refractivity contribution in [2.24, 2.45) is 5.92 Å². The van der Waals surface area contributed by atoms with Crippen molar-refractivity contribution in [2.45, 2.75) is 20.8 Å². The van der Waals surface area contributed by atoms with E-state index in [0.717, 1.165) is 0 Å². The first-order chi connectivity index (χ1) is 4.18. The van der Waals surface area contributed by atoms with E-state index in [4.69, 9.17) is 5.11 Å². The second-order valence-electron chi connectivity index (χ2n) is 1.46. The van der Waals surface area contributed by atoms with Crippen LogP contribution in [0.3, 0.4) is 0 Å². The summed E-state index contributed by atoms with van der Waals surface area (Å²) in [5.41, 5.74) is 0. The molecule has 1 atom stereocenters. The molecular formula is C7H14O2Y-2. The van der Waals surface area contributed by atoms with E-state index in [0.29, 0.717) is 0 Å². The molecule has 0 aromatic rings. The minimum atomic E-state index is -0.762. The summed E-state index contributed by atoms with van der Waals surface area (Å²) in [7, 11) is 0. The fourth-order valence-corrected chi connectivity index (χ4v) is 0.143. The van der Waals surface area contributed by atoms with Crippen LogP contribution >= 0.6 is 0 Å². The second-order valence-corrected chi connectivity index (χ2v) is 1.46. The number of carboxylic acid groups (broad SMARTS) is 1. The van der Waals surface area contributed by atoms with E-state index in [1.807, 2.05) is 0 Å². The van der Waals surface area contributed by atoms with Crippen molar-refractivity contribution in [3.8, 4) is 0 Å². The Morgan fingerprint density at radius 3 is 1.90 bits per heavy atom. The molecular weight excluding hydrogens is 205 g/mol. The minimum absolute atomic E-state index is 0. The summed E-state index contributed by atoms with van der Waals surface area (Å²) in [5.74, 6) is -1.07. The van der Waals surface area contributed by atoms with Crippen LogP contribution in [0.25, 0.3) is 0 Å². The first-order valence-corrected chi connectivity index (χ1v) is 2.91. The maximum absolute atomic E-state index is 9.90. The summed E-state index contributed by atoms with van der Waals surface area (Å²) in [6.07, 6.45) is 1.64. The molecule has 3 heteroatoms. The Labute approximate surface area is 88.3 Å². The van der Waals surface area contributed by atoms with Crippen LogP contribution in [0.4, 0.5) is 0 Å². The van der Waals surface area contributed by atoms with Crippen LogP contribution in [0.1, 0.15) is 20.8 Å². The van der Waals surface area contributed by atoms with Gasteiger partial charge in [0.2, 0.25) is 0 Å². The zero-order chi connectivity index (χ0) is 7.86. The fourth-order valence-electron chi connectivity index (χ4n) is 0.143. The summed E-state index contributed by atoms with van der Waals surface area (Å²) in [4.78, 5) is 9.90. The summed E-state index contributed by atoms with van der Waals surface area (Å²) in [5, 5.41) is 8.15. The standard InChI is InChI=1S/C5H9O2.C2H5.Y/c1-3-4(2)5(6)7;1-2;/h3-4H,1-2H3,(H,6,7);1H2,2H3;/q2*-1;. The Balaban J connectivity index is -0.000000149. The Morgan fingerprint density at radius 1 is 1.60 bits per heavy atom. The SMILES string of the molecule is C[CH-]C(C)C(=O)O.[CH2-]C.[Y]. The molecule has 2 nitrogen and oxygen atoms in total. The molecule has 1 unspecified atom stereocenters. The van der Waals surface area contributed by atoms with E-state index in [9.17, 15) is 4.79 Å². The van der Waals surface area contributed by atoms with Gasteiger partial charge in [0.1, 0.15) is 0 Å². The molecule has 0 saturated carbocycles. The summed E-state index contributed by atoms with van der Waals surface area (Å²) in [6, 6.07) is 0. The largest absolute Gasteiger partial charge is 0.483 e. The molecule has 10 heavy (non-hydrogen) atoms. The monoisotopic (exact) mass is 219 g/mol. The van der Waals surface area contributed by atoms with E-state index in [-0.39, 0.29) is 38.6 Å². The molecule has 0 heterocycles. The Bertz CT molecular complexity index is 74.0. The number of hydrogen-bond donors (Lipinski definition) is 1. The van der Waals surface area contributed by atoms with Gasteiger partial charge in [0.05, 0.1) is 0 Å². The Morgan fingerprint density at radius 2 is 1.90 bits per heavy atom. The molecule has 0 rings (SSSR count). The third-order valence-electron chi connectivity index (χ3n) is 0.890. The molecule has 0 amide bonds. The minimum Gasteiger partial charge on any atom is -0.483 e. The maximum atomic E-state index is 9.90. The third kappa shape index (κ3) is 11.4. The van der Waals surface area contributed by atoms with E-state index >= 15 is 0 Å². The fraction of sp³-hybridized carbons (Fsp3) is 0.571. The Kier molecular flexibility index (Phi) is 20.7. The normalized spacial score (nSPS) is 10.0. The molecule has 0 bridgehead atoms. The van der Waals surface area contributed by atoms with Gasteiger partial charge in [-0.2, -0.15) is 13.8 Å². The number of carboxylic acids is 1.